The van der Waals surface area contributed by atoms with Crippen LogP contribution in [0.25, 0.3) is 10.9 Å². The summed E-state index contributed by atoms with van der Waals surface area (Å²) in [7, 11) is 0. The average Bonchev–Trinajstić information content (AvgIpc) is 2.90. The maximum Gasteiger partial charge on any atom is 0.251 e. The molecule has 0 aliphatic rings. The number of aromatic amines is 1. The van der Waals surface area contributed by atoms with E-state index in [4.69, 9.17) is 0 Å². The molecule has 3 nitrogen and oxygen atoms in total. The van der Waals surface area contributed by atoms with E-state index in [0.29, 0.717) is 13.0 Å². The van der Waals surface area contributed by atoms with Gasteiger partial charge in [-0.05, 0) is 30.2 Å². The van der Waals surface area contributed by atoms with Crippen LogP contribution >= 0.6 is 0 Å². The van der Waals surface area contributed by atoms with Crippen molar-refractivity contribution in [3.05, 3.63) is 71.4 Å². The summed E-state index contributed by atoms with van der Waals surface area (Å²) in [5.74, 6) is -2.01. The molecule has 0 saturated carbocycles. The fourth-order valence-electron chi connectivity index (χ4n) is 2.44. The number of benzene rings is 2. The molecule has 5 heteroatoms. The first-order valence-corrected chi connectivity index (χ1v) is 6.93. The van der Waals surface area contributed by atoms with Crippen molar-refractivity contribution in [2.45, 2.75) is 6.42 Å². The maximum atomic E-state index is 13.1. The lowest BCUT2D eigenvalue weighted by atomic mass is 10.1. The molecular formula is C17H14F2N2O. The Kier molecular flexibility index (Phi) is 3.87. The second-order valence-corrected chi connectivity index (χ2v) is 5.02. The molecule has 0 saturated heterocycles. The molecular weight excluding hydrogens is 286 g/mol. The highest BCUT2D eigenvalue weighted by Crippen LogP contribution is 2.17. The van der Waals surface area contributed by atoms with Crippen LogP contribution in [0.5, 0.6) is 0 Å². The molecule has 1 aromatic heterocycles. The number of hydrogen-bond acceptors (Lipinski definition) is 1. The number of carbonyl (C=O) groups is 1. The van der Waals surface area contributed by atoms with Gasteiger partial charge in [-0.3, -0.25) is 4.79 Å². The number of fused-ring (bicyclic) bond motifs is 1. The minimum Gasteiger partial charge on any atom is -0.361 e. The molecule has 0 atom stereocenters. The lowest BCUT2D eigenvalue weighted by molar-refractivity contribution is 0.0953. The number of aromatic nitrogens is 1. The average molecular weight is 300 g/mol. The van der Waals surface area contributed by atoms with Gasteiger partial charge >= 0.3 is 0 Å². The molecule has 112 valence electrons. The van der Waals surface area contributed by atoms with Gasteiger partial charge in [0, 0.05) is 35.3 Å². The van der Waals surface area contributed by atoms with Crippen LogP contribution in [0.3, 0.4) is 0 Å². The van der Waals surface area contributed by atoms with Crippen LogP contribution < -0.4 is 5.32 Å². The first-order valence-electron chi connectivity index (χ1n) is 6.93. The van der Waals surface area contributed by atoms with Crippen LogP contribution in [0.1, 0.15) is 15.9 Å². The van der Waals surface area contributed by atoms with Gasteiger partial charge < -0.3 is 10.3 Å². The number of amides is 1. The topological polar surface area (TPSA) is 44.9 Å². The zero-order valence-corrected chi connectivity index (χ0v) is 11.7. The van der Waals surface area contributed by atoms with Crippen LogP contribution in [0, 0.1) is 11.6 Å². The van der Waals surface area contributed by atoms with E-state index in [2.05, 4.69) is 10.3 Å². The smallest absolute Gasteiger partial charge is 0.251 e. The standard InChI is InChI=1S/C17H14F2N2O/c18-13-7-12(8-14(19)9-13)17(22)20-6-5-11-10-21-16-4-2-1-3-15(11)16/h1-4,7-10,21H,5-6H2,(H,20,22). The number of hydrogen-bond donors (Lipinski definition) is 2. The van der Waals surface area contributed by atoms with Gasteiger partial charge in [-0.25, -0.2) is 8.78 Å². The summed E-state index contributed by atoms with van der Waals surface area (Å²) in [5.41, 5.74) is 2.11. The molecule has 0 unspecified atom stereocenters. The highest BCUT2D eigenvalue weighted by Gasteiger charge is 2.09. The van der Waals surface area contributed by atoms with Crippen molar-refractivity contribution in [3.8, 4) is 0 Å². The molecule has 0 fully saturated rings. The maximum absolute atomic E-state index is 13.1. The third-order valence-corrected chi connectivity index (χ3v) is 3.48. The van der Waals surface area contributed by atoms with Crippen LogP contribution in [0.4, 0.5) is 8.78 Å². The molecule has 0 bridgehead atoms. The summed E-state index contributed by atoms with van der Waals surface area (Å²) in [6, 6.07) is 10.7. The molecule has 1 heterocycles. The van der Waals surface area contributed by atoms with E-state index in [1.54, 1.807) is 0 Å². The van der Waals surface area contributed by atoms with Gasteiger partial charge in [0.05, 0.1) is 0 Å². The van der Waals surface area contributed by atoms with Gasteiger partial charge in [0.15, 0.2) is 0 Å². The number of carbonyl (C=O) groups excluding carboxylic acids is 1. The predicted molar refractivity (Wildman–Crippen MR) is 80.7 cm³/mol. The molecule has 2 N–H and O–H groups in total. The third kappa shape index (κ3) is 2.98. The van der Waals surface area contributed by atoms with E-state index in [1.807, 2.05) is 30.5 Å². The van der Waals surface area contributed by atoms with E-state index in [0.717, 1.165) is 34.7 Å². The molecule has 0 spiro atoms. The summed E-state index contributed by atoms with van der Waals surface area (Å²) in [6.45, 7) is 0.388. The Morgan fingerprint density at radius 2 is 1.82 bits per heavy atom. The SMILES string of the molecule is O=C(NCCc1c[nH]c2ccccc12)c1cc(F)cc(F)c1. The lowest BCUT2D eigenvalue weighted by Gasteiger charge is -2.05. The summed E-state index contributed by atoms with van der Waals surface area (Å²) in [6.07, 6.45) is 2.53. The van der Waals surface area contributed by atoms with Crippen molar-refractivity contribution in [2.24, 2.45) is 0 Å². The van der Waals surface area contributed by atoms with Gasteiger partial charge in [-0.1, -0.05) is 18.2 Å². The van der Waals surface area contributed by atoms with E-state index < -0.39 is 17.5 Å². The number of H-pyrrole nitrogens is 1. The molecule has 1 amide bonds. The second kappa shape index (κ2) is 5.97. The molecule has 0 aliphatic carbocycles. The molecule has 3 aromatic rings. The fraction of sp³-hybridized carbons (Fsp3) is 0.118. The second-order valence-electron chi connectivity index (χ2n) is 5.02. The van der Waals surface area contributed by atoms with Crippen molar-refractivity contribution in [2.75, 3.05) is 6.54 Å². The highest BCUT2D eigenvalue weighted by molar-refractivity contribution is 5.94. The molecule has 0 aliphatic heterocycles. The van der Waals surface area contributed by atoms with Crippen molar-refractivity contribution >= 4 is 16.8 Å². The van der Waals surface area contributed by atoms with Gasteiger partial charge in [-0.15, -0.1) is 0 Å². The number of para-hydroxylation sites is 1. The van der Waals surface area contributed by atoms with Crippen molar-refractivity contribution in [1.29, 1.82) is 0 Å². The van der Waals surface area contributed by atoms with Crippen molar-refractivity contribution in [1.82, 2.24) is 10.3 Å². The molecule has 22 heavy (non-hydrogen) atoms. The first-order chi connectivity index (χ1) is 10.6. The van der Waals surface area contributed by atoms with Crippen LogP contribution in [0.15, 0.2) is 48.7 Å². The Morgan fingerprint density at radius 1 is 1.09 bits per heavy atom. The summed E-state index contributed by atoms with van der Waals surface area (Å²) < 4.78 is 26.2. The minimum atomic E-state index is -0.762. The van der Waals surface area contributed by atoms with Crippen molar-refractivity contribution < 1.29 is 13.6 Å². The van der Waals surface area contributed by atoms with Gasteiger partial charge in [0.1, 0.15) is 11.6 Å². The number of rotatable bonds is 4. The van der Waals surface area contributed by atoms with Gasteiger partial charge in [0.25, 0.3) is 5.91 Å². The normalized spacial score (nSPS) is 10.8. The number of nitrogens with one attached hydrogen (secondary N) is 2. The van der Waals surface area contributed by atoms with Crippen LogP contribution in [-0.4, -0.2) is 17.4 Å². The highest BCUT2D eigenvalue weighted by atomic mass is 19.1. The predicted octanol–water partition coefficient (Wildman–Crippen LogP) is 3.42. The van der Waals surface area contributed by atoms with Gasteiger partial charge in [0.2, 0.25) is 0 Å². The molecule has 3 rings (SSSR count). The summed E-state index contributed by atoms with van der Waals surface area (Å²) >= 11 is 0. The van der Waals surface area contributed by atoms with E-state index in [1.165, 1.54) is 0 Å². The zero-order valence-electron chi connectivity index (χ0n) is 11.7. The van der Waals surface area contributed by atoms with Crippen LogP contribution in [0.2, 0.25) is 0 Å². The summed E-state index contributed by atoms with van der Waals surface area (Å²) in [5, 5.41) is 3.78. The van der Waals surface area contributed by atoms with E-state index >= 15 is 0 Å². The first kappa shape index (κ1) is 14.3. The zero-order chi connectivity index (χ0) is 15.5. The minimum absolute atomic E-state index is 0.0172. The fourth-order valence-corrected chi connectivity index (χ4v) is 2.44. The lowest BCUT2D eigenvalue weighted by Crippen LogP contribution is -2.25. The Bertz CT molecular complexity index is 806. The van der Waals surface area contributed by atoms with Crippen molar-refractivity contribution in [3.63, 3.8) is 0 Å². The Balaban J connectivity index is 1.64. The van der Waals surface area contributed by atoms with Crippen LogP contribution in [-0.2, 0) is 6.42 Å². The Hall–Kier alpha value is -2.69. The quantitative estimate of drug-likeness (QED) is 0.762. The van der Waals surface area contributed by atoms with E-state index in [9.17, 15) is 13.6 Å². The number of halogens is 2. The third-order valence-electron chi connectivity index (χ3n) is 3.48. The molecule has 2 aromatic carbocycles. The Morgan fingerprint density at radius 3 is 2.59 bits per heavy atom. The largest absolute Gasteiger partial charge is 0.361 e. The summed E-state index contributed by atoms with van der Waals surface area (Å²) in [4.78, 5) is 15.0. The molecule has 0 radical (unpaired) electrons. The monoisotopic (exact) mass is 300 g/mol. The Labute approximate surface area is 126 Å². The van der Waals surface area contributed by atoms with E-state index in [-0.39, 0.29) is 5.56 Å². The van der Waals surface area contributed by atoms with Gasteiger partial charge in [-0.2, -0.15) is 0 Å².